The maximum atomic E-state index is 5.14. The van der Waals surface area contributed by atoms with Crippen LogP contribution in [0.5, 0.6) is 0 Å². The van der Waals surface area contributed by atoms with Crippen LogP contribution in [0.15, 0.2) is 0 Å². The maximum absolute atomic E-state index is 5.14. The van der Waals surface area contributed by atoms with E-state index in [9.17, 15) is 0 Å². The summed E-state index contributed by atoms with van der Waals surface area (Å²) in [5, 5.41) is 0.956. The minimum atomic E-state index is -0.0139. The predicted octanol–water partition coefficient (Wildman–Crippen LogP) is -0.852. The molecule has 0 N–H and O–H groups in total. The third-order valence-corrected chi connectivity index (χ3v) is 3.25. The molecule has 3 saturated heterocycles. The van der Waals surface area contributed by atoms with Gasteiger partial charge in [0.15, 0.2) is 6.29 Å². The van der Waals surface area contributed by atoms with Gasteiger partial charge >= 0.3 is 23.1 Å². The Labute approximate surface area is 169 Å². The molecule has 0 spiro atoms. The van der Waals surface area contributed by atoms with Crippen molar-refractivity contribution in [2.45, 2.75) is 38.3 Å². The Hall–Kier alpha value is 1.53. The van der Waals surface area contributed by atoms with Crippen molar-refractivity contribution < 1.29 is 40.7 Å². The summed E-state index contributed by atoms with van der Waals surface area (Å²) >= 11 is 3.30. The van der Waals surface area contributed by atoms with E-state index in [0.29, 0.717) is 0 Å². The van der Waals surface area contributed by atoms with Crippen LogP contribution in [0.4, 0.5) is 0 Å². The van der Waals surface area contributed by atoms with Crippen LogP contribution in [-0.4, -0.2) is 80.6 Å². The van der Waals surface area contributed by atoms with Gasteiger partial charge in [-0.05, 0) is 12.8 Å². The van der Waals surface area contributed by atoms with Gasteiger partial charge < -0.3 is 47.6 Å². The molecule has 22 heavy (non-hydrogen) atoms. The van der Waals surface area contributed by atoms with Crippen molar-refractivity contribution in [3.8, 4) is 0 Å². The van der Waals surface area contributed by atoms with E-state index in [0.717, 1.165) is 57.8 Å². The molecule has 0 aliphatic carbocycles. The van der Waals surface area contributed by atoms with Gasteiger partial charge in [-0.25, -0.2) is 0 Å². The van der Waals surface area contributed by atoms with Crippen LogP contribution >= 0.6 is 15.9 Å². The Morgan fingerprint density at radius 3 is 1.55 bits per heavy atom. The van der Waals surface area contributed by atoms with E-state index in [4.69, 9.17) is 23.7 Å². The van der Waals surface area contributed by atoms with Gasteiger partial charge in [0.1, 0.15) is 6.29 Å². The molecular formula is C14H26Br2MgO5. The quantitative estimate of drug-likeness (QED) is 0.313. The Morgan fingerprint density at radius 2 is 1.27 bits per heavy atom. The van der Waals surface area contributed by atoms with Crippen molar-refractivity contribution in [2.24, 2.45) is 0 Å². The van der Waals surface area contributed by atoms with Crippen molar-refractivity contribution in [3.05, 3.63) is 6.92 Å². The SMILES string of the molecule is BrCCC1OCCO1.C1CCOC1.[Br-].[CH2-]CC1OCCO1.[Mg+2]. The van der Waals surface area contributed by atoms with Crippen LogP contribution in [0.3, 0.4) is 0 Å². The molecule has 3 heterocycles. The normalized spacial score (nSPS) is 21.0. The summed E-state index contributed by atoms with van der Waals surface area (Å²) in [6.45, 7) is 8.61. The fraction of sp³-hybridized carbons (Fsp3) is 0.929. The standard InChI is InChI=1S/C5H9BrO2.C5H9O2.C4H8O.BrH.Mg/c6-2-1-5-7-3-4-8-5;1-2-5-6-3-4-7-5;1-2-4-5-3-1;;/h5H,1-4H2;5H,1-4H2;1-4H2;1H;/q;-1;;;+2/p-1. The van der Waals surface area contributed by atoms with Crippen molar-refractivity contribution in [1.82, 2.24) is 0 Å². The molecular weight excluding hydrogens is 432 g/mol. The molecule has 3 aliphatic rings. The maximum Gasteiger partial charge on any atom is 2.00 e. The molecule has 0 aromatic rings. The zero-order valence-electron chi connectivity index (χ0n) is 13.1. The Bertz CT molecular complexity index is 204. The van der Waals surface area contributed by atoms with E-state index < -0.39 is 0 Å². The molecule has 8 heteroatoms. The van der Waals surface area contributed by atoms with Gasteiger partial charge in [-0.15, -0.1) is 6.42 Å². The van der Waals surface area contributed by atoms with Crippen molar-refractivity contribution in [1.29, 1.82) is 0 Å². The summed E-state index contributed by atoms with van der Waals surface area (Å²) in [5.41, 5.74) is 0. The van der Waals surface area contributed by atoms with Crippen molar-refractivity contribution in [3.63, 3.8) is 0 Å². The Balaban J connectivity index is 0. The first-order valence-electron chi connectivity index (χ1n) is 7.26. The number of ether oxygens (including phenoxy) is 5. The van der Waals surface area contributed by atoms with E-state index in [1.54, 1.807) is 0 Å². The van der Waals surface area contributed by atoms with Gasteiger partial charge in [-0.2, -0.15) is 0 Å². The second kappa shape index (κ2) is 18.9. The Kier molecular flexibility index (Phi) is 22.1. The first kappa shape index (κ1) is 25.8. The fourth-order valence-corrected chi connectivity index (χ4v) is 2.12. The molecule has 0 radical (unpaired) electrons. The van der Waals surface area contributed by atoms with Crippen LogP contribution in [-0.2, 0) is 23.7 Å². The average Bonchev–Trinajstić information content (AvgIpc) is 3.24. The number of halogens is 2. The van der Waals surface area contributed by atoms with E-state index >= 15 is 0 Å². The second-order valence-corrected chi connectivity index (χ2v) is 5.22. The van der Waals surface area contributed by atoms with Gasteiger partial charge in [0.05, 0.1) is 26.4 Å². The number of hydrogen-bond donors (Lipinski definition) is 0. The third kappa shape index (κ3) is 13.9. The summed E-state index contributed by atoms with van der Waals surface area (Å²) in [6.07, 6.45) is 4.29. The van der Waals surface area contributed by atoms with Gasteiger partial charge in [0.2, 0.25) is 0 Å². The molecule has 0 amide bonds. The monoisotopic (exact) mass is 456 g/mol. The number of hydrogen-bond acceptors (Lipinski definition) is 5. The largest absolute Gasteiger partial charge is 2.00 e. The summed E-state index contributed by atoms with van der Waals surface area (Å²) < 4.78 is 25.3. The molecule has 3 fully saturated rings. The number of alkyl halides is 1. The molecule has 0 aromatic carbocycles. The molecule has 3 aliphatic heterocycles. The van der Waals surface area contributed by atoms with Crippen LogP contribution < -0.4 is 17.0 Å². The van der Waals surface area contributed by atoms with E-state index in [1.165, 1.54) is 12.8 Å². The van der Waals surface area contributed by atoms with Crippen LogP contribution in [0.2, 0.25) is 0 Å². The summed E-state index contributed by atoms with van der Waals surface area (Å²) in [7, 11) is 0. The minimum Gasteiger partial charge on any atom is -1.00 e. The fourth-order valence-electron chi connectivity index (χ4n) is 1.75. The van der Waals surface area contributed by atoms with Crippen LogP contribution in [0.25, 0.3) is 0 Å². The summed E-state index contributed by atoms with van der Waals surface area (Å²) in [6, 6.07) is 0. The molecule has 5 nitrogen and oxygen atoms in total. The smallest absolute Gasteiger partial charge is 1.00 e. The van der Waals surface area contributed by atoms with E-state index in [1.807, 2.05) is 0 Å². The predicted molar refractivity (Wildman–Crippen MR) is 85.6 cm³/mol. The first-order chi connectivity index (χ1) is 9.86. The molecule has 0 bridgehead atoms. The zero-order chi connectivity index (χ0) is 14.5. The minimum absolute atomic E-state index is 0. The summed E-state index contributed by atoms with van der Waals surface area (Å²) in [4.78, 5) is 0. The molecule has 128 valence electrons. The molecule has 3 rings (SSSR count). The van der Waals surface area contributed by atoms with Crippen molar-refractivity contribution in [2.75, 3.05) is 45.0 Å². The molecule has 0 unspecified atom stereocenters. The van der Waals surface area contributed by atoms with Gasteiger partial charge in [-0.1, -0.05) is 15.9 Å². The average molecular weight is 458 g/mol. The molecule has 0 atom stereocenters. The molecule has 0 saturated carbocycles. The zero-order valence-corrected chi connectivity index (χ0v) is 17.7. The first-order valence-corrected chi connectivity index (χ1v) is 8.38. The molecule has 0 aromatic heterocycles. The van der Waals surface area contributed by atoms with E-state index in [2.05, 4.69) is 22.9 Å². The Morgan fingerprint density at radius 1 is 0.818 bits per heavy atom. The van der Waals surface area contributed by atoms with Crippen LogP contribution in [0.1, 0.15) is 25.7 Å². The second-order valence-electron chi connectivity index (χ2n) is 4.43. The third-order valence-electron chi connectivity index (χ3n) is 2.79. The van der Waals surface area contributed by atoms with Gasteiger partial charge in [0, 0.05) is 25.0 Å². The number of rotatable bonds is 3. The summed E-state index contributed by atoms with van der Waals surface area (Å²) in [5.74, 6) is 0. The van der Waals surface area contributed by atoms with Crippen molar-refractivity contribution >= 4 is 39.0 Å². The van der Waals surface area contributed by atoms with Gasteiger partial charge in [0.25, 0.3) is 0 Å². The van der Waals surface area contributed by atoms with Crippen LogP contribution in [0, 0.1) is 6.92 Å². The topological polar surface area (TPSA) is 46.2 Å². The van der Waals surface area contributed by atoms with E-state index in [-0.39, 0.29) is 52.6 Å². The van der Waals surface area contributed by atoms with Gasteiger partial charge in [-0.3, -0.25) is 0 Å².